The Hall–Kier alpha value is -3.45. The number of carboxylic acid groups (broad SMARTS) is 1. The number of carboxylic acids is 1. The second-order valence-corrected chi connectivity index (χ2v) is 6.80. The maximum absolute atomic E-state index is 12.6. The summed E-state index contributed by atoms with van der Waals surface area (Å²) in [4.78, 5) is 11.1. The lowest BCUT2D eigenvalue weighted by Gasteiger charge is -2.12. The normalized spacial score (nSPS) is 11.5. The highest BCUT2D eigenvalue weighted by molar-refractivity contribution is 6.30. The number of hydrogen-bond donors (Lipinski definition) is 1. The molecule has 8 heteroatoms. The Kier molecular flexibility index (Phi) is 6.87. The highest BCUT2D eigenvalue weighted by Gasteiger charge is 2.29. The fraction of sp³-hybridized carbons (Fsp3) is 0.0870. The van der Waals surface area contributed by atoms with Gasteiger partial charge in [-0.25, -0.2) is 4.79 Å². The van der Waals surface area contributed by atoms with Crippen LogP contribution in [0.3, 0.4) is 0 Å². The molecule has 0 amide bonds. The minimum atomic E-state index is -4.37. The first-order valence-corrected chi connectivity index (χ1v) is 9.37. The third kappa shape index (κ3) is 6.26. The van der Waals surface area contributed by atoms with Crippen LogP contribution in [0.4, 0.5) is 13.2 Å². The Balaban J connectivity index is 1.67. The van der Waals surface area contributed by atoms with Crippen LogP contribution in [0.2, 0.25) is 5.02 Å². The summed E-state index contributed by atoms with van der Waals surface area (Å²) in [6.45, 7) is 0.119. The summed E-state index contributed by atoms with van der Waals surface area (Å²) in [5, 5.41) is 9.50. The Morgan fingerprint density at radius 3 is 2.42 bits per heavy atom. The first kappa shape index (κ1) is 22.2. The molecule has 0 bridgehead atoms. The molecule has 1 N–H and O–H groups in total. The van der Waals surface area contributed by atoms with Crippen molar-refractivity contribution >= 4 is 23.6 Å². The average Bonchev–Trinajstić information content (AvgIpc) is 2.72. The number of ether oxygens (including phenoxy) is 2. The van der Waals surface area contributed by atoms with Crippen LogP contribution in [0.5, 0.6) is 17.2 Å². The van der Waals surface area contributed by atoms with Crippen molar-refractivity contribution in [1.82, 2.24) is 0 Å². The molecular formula is C23H16ClF3O4. The highest BCUT2D eigenvalue weighted by atomic mass is 35.5. The largest absolute Gasteiger partial charge is 0.486 e. The van der Waals surface area contributed by atoms with Gasteiger partial charge in [0.15, 0.2) is 11.5 Å². The fourth-order valence-corrected chi connectivity index (χ4v) is 2.77. The standard InChI is InChI=1S/C23H16ClF3O4/c24-18-10-11-20(21(14-18)31-19-5-1-4-16(13-19)22(28)29)30-12-2-3-15-6-8-17(9-7-15)23(25,26)27/h1-11,13-14H,12H2,(H,28,29). The molecule has 0 saturated carbocycles. The number of halogens is 4. The second-order valence-electron chi connectivity index (χ2n) is 6.36. The molecule has 0 aliphatic carbocycles. The van der Waals surface area contributed by atoms with Gasteiger partial charge in [0.05, 0.1) is 11.1 Å². The van der Waals surface area contributed by atoms with Crippen molar-refractivity contribution in [2.75, 3.05) is 6.61 Å². The van der Waals surface area contributed by atoms with Gasteiger partial charge < -0.3 is 14.6 Å². The molecule has 3 aromatic carbocycles. The van der Waals surface area contributed by atoms with Crippen LogP contribution >= 0.6 is 11.6 Å². The Labute approximate surface area is 181 Å². The van der Waals surface area contributed by atoms with Crippen molar-refractivity contribution in [2.45, 2.75) is 6.18 Å². The summed E-state index contributed by atoms with van der Waals surface area (Å²) in [6.07, 6.45) is -1.10. The number of benzene rings is 3. The van der Waals surface area contributed by atoms with E-state index >= 15 is 0 Å². The number of hydrogen-bond acceptors (Lipinski definition) is 3. The quantitative estimate of drug-likeness (QED) is 0.425. The lowest BCUT2D eigenvalue weighted by atomic mass is 10.1. The fourth-order valence-electron chi connectivity index (χ4n) is 2.61. The van der Waals surface area contributed by atoms with E-state index < -0.39 is 17.7 Å². The van der Waals surface area contributed by atoms with E-state index in [1.165, 1.54) is 30.3 Å². The molecule has 4 nitrogen and oxygen atoms in total. The van der Waals surface area contributed by atoms with Gasteiger partial charge in [0.2, 0.25) is 0 Å². The van der Waals surface area contributed by atoms with Gasteiger partial charge in [-0.2, -0.15) is 13.2 Å². The summed E-state index contributed by atoms with van der Waals surface area (Å²) in [6, 6.07) is 15.5. The van der Waals surface area contributed by atoms with E-state index in [4.69, 9.17) is 26.2 Å². The van der Waals surface area contributed by atoms with Crippen LogP contribution in [0.1, 0.15) is 21.5 Å². The molecule has 0 aliphatic heterocycles. The van der Waals surface area contributed by atoms with Crippen molar-refractivity contribution in [1.29, 1.82) is 0 Å². The van der Waals surface area contributed by atoms with Crippen LogP contribution in [-0.2, 0) is 6.18 Å². The molecule has 0 aromatic heterocycles. The molecule has 0 spiro atoms. The topological polar surface area (TPSA) is 55.8 Å². The first-order chi connectivity index (χ1) is 14.7. The van der Waals surface area contributed by atoms with Crippen LogP contribution < -0.4 is 9.47 Å². The van der Waals surface area contributed by atoms with E-state index in [0.717, 1.165) is 12.1 Å². The summed E-state index contributed by atoms with van der Waals surface area (Å²) in [7, 11) is 0. The van der Waals surface area contributed by atoms with Crippen molar-refractivity contribution in [3.05, 3.63) is 94.5 Å². The molecule has 0 unspecified atom stereocenters. The zero-order valence-electron chi connectivity index (χ0n) is 15.9. The molecular weight excluding hydrogens is 433 g/mol. The zero-order valence-corrected chi connectivity index (χ0v) is 16.7. The van der Waals surface area contributed by atoms with Crippen LogP contribution in [0.25, 0.3) is 6.08 Å². The van der Waals surface area contributed by atoms with Crippen molar-refractivity contribution < 1.29 is 32.5 Å². The summed E-state index contributed by atoms with van der Waals surface area (Å²) >= 11 is 6.03. The summed E-state index contributed by atoms with van der Waals surface area (Å²) < 4.78 is 49.2. The van der Waals surface area contributed by atoms with E-state index in [1.54, 1.807) is 36.4 Å². The molecule has 0 radical (unpaired) electrons. The lowest BCUT2D eigenvalue weighted by Crippen LogP contribution is -2.04. The molecule has 0 saturated heterocycles. The monoisotopic (exact) mass is 448 g/mol. The van der Waals surface area contributed by atoms with Gasteiger partial charge in [-0.15, -0.1) is 0 Å². The maximum Gasteiger partial charge on any atom is 0.416 e. The molecule has 160 valence electrons. The van der Waals surface area contributed by atoms with Crippen LogP contribution in [0, 0.1) is 0 Å². The third-order valence-corrected chi connectivity index (χ3v) is 4.33. The number of rotatable bonds is 7. The SMILES string of the molecule is O=C(O)c1cccc(Oc2cc(Cl)ccc2OCC=Cc2ccc(C(F)(F)F)cc2)c1. The van der Waals surface area contributed by atoms with Gasteiger partial charge in [-0.1, -0.05) is 35.9 Å². The lowest BCUT2D eigenvalue weighted by molar-refractivity contribution is -0.137. The molecule has 0 fully saturated rings. The molecule has 0 aliphatic rings. The molecule has 31 heavy (non-hydrogen) atoms. The van der Waals surface area contributed by atoms with E-state index in [1.807, 2.05) is 0 Å². The first-order valence-electron chi connectivity index (χ1n) is 9.00. The van der Waals surface area contributed by atoms with Gasteiger partial charge in [0.25, 0.3) is 0 Å². The van der Waals surface area contributed by atoms with Crippen LogP contribution in [-0.4, -0.2) is 17.7 Å². The van der Waals surface area contributed by atoms with Crippen molar-refractivity contribution in [3.63, 3.8) is 0 Å². The predicted molar refractivity (Wildman–Crippen MR) is 111 cm³/mol. The van der Waals surface area contributed by atoms with Crippen molar-refractivity contribution in [2.24, 2.45) is 0 Å². The minimum absolute atomic E-state index is 0.0708. The third-order valence-electron chi connectivity index (χ3n) is 4.10. The molecule has 0 heterocycles. The number of aromatic carboxylic acids is 1. The Morgan fingerprint density at radius 1 is 1.00 bits per heavy atom. The number of carbonyl (C=O) groups is 1. The molecule has 0 atom stereocenters. The van der Waals surface area contributed by atoms with Crippen LogP contribution in [0.15, 0.2) is 72.8 Å². The van der Waals surface area contributed by atoms with E-state index in [0.29, 0.717) is 22.1 Å². The van der Waals surface area contributed by atoms with E-state index in [9.17, 15) is 18.0 Å². The second kappa shape index (κ2) is 9.57. The molecule has 3 aromatic rings. The van der Waals surface area contributed by atoms with Gasteiger partial charge in [0, 0.05) is 11.1 Å². The van der Waals surface area contributed by atoms with Gasteiger partial charge in [0.1, 0.15) is 12.4 Å². The van der Waals surface area contributed by atoms with E-state index in [-0.39, 0.29) is 17.9 Å². The Morgan fingerprint density at radius 2 is 1.74 bits per heavy atom. The van der Waals surface area contributed by atoms with Crippen molar-refractivity contribution in [3.8, 4) is 17.2 Å². The predicted octanol–water partition coefficient (Wildman–Crippen LogP) is 6.94. The van der Waals surface area contributed by atoms with Gasteiger partial charge in [-0.3, -0.25) is 0 Å². The van der Waals surface area contributed by atoms with Gasteiger partial charge in [-0.05, 0) is 54.1 Å². The summed E-state index contributed by atoms with van der Waals surface area (Å²) in [5.74, 6) is -0.131. The van der Waals surface area contributed by atoms with Gasteiger partial charge >= 0.3 is 12.1 Å². The van der Waals surface area contributed by atoms with E-state index in [2.05, 4.69) is 0 Å². The number of alkyl halides is 3. The average molecular weight is 449 g/mol. The summed E-state index contributed by atoms with van der Waals surface area (Å²) in [5.41, 5.74) is -0.0491. The zero-order chi connectivity index (χ0) is 22.4. The minimum Gasteiger partial charge on any atom is -0.486 e. The highest BCUT2D eigenvalue weighted by Crippen LogP contribution is 2.34. The molecule has 3 rings (SSSR count). The smallest absolute Gasteiger partial charge is 0.416 e. The maximum atomic E-state index is 12.6. The Bertz CT molecular complexity index is 1090.